The number of aromatic amines is 1. The molecule has 1 spiro atoms. The highest BCUT2D eigenvalue weighted by Crippen LogP contribution is 2.44. The Morgan fingerprint density at radius 2 is 2.06 bits per heavy atom. The molecule has 2 fully saturated rings. The van der Waals surface area contributed by atoms with E-state index in [1.54, 1.807) is 11.9 Å². The summed E-state index contributed by atoms with van der Waals surface area (Å²) in [6, 6.07) is 8.59. The fourth-order valence-corrected chi connectivity index (χ4v) is 6.93. The molecule has 1 aliphatic carbocycles. The highest BCUT2D eigenvalue weighted by atomic mass is 32.2. The Kier molecular flexibility index (Phi) is 4.63. The molecule has 1 aromatic carbocycles. The standard InChI is InChI=1S/C24H27N7OS/c1-2-16-4-5-19-17-6-8-25-20(12-17)32-11-10-30-9-7-24(13-30)14-31(15-24)33-23-27-22(28-29-23)26-21(19)18(16)3-1/h4-6,8,12H,1-3,7,9-11,13-15H2,(H2,26,27,28,29). The number of hydrogen-bond acceptors (Lipinski definition) is 8. The Labute approximate surface area is 197 Å². The molecule has 1 atom stereocenters. The second kappa shape index (κ2) is 7.72. The van der Waals surface area contributed by atoms with E-state index in [0.717, 1.165) is 67.5 Å². The minimum atomic E-state index is 0.410. The van der Waals surface area contributed by atoms with Gasteiger partial charge in [0.25, 0.3) is 0 Å². The molecule has 33 heavy (non-hydrogen) atoms. The smallest absolute Gasteiger partial charge is 0.225 e. The summed E-state index contributed by atoms with van der Waals surface area (Å²) in [4.78, 5) is 11.8. The van der Waals surface area contributed by atoms with Crippen LogP contribution in [0.15, 0.2) is 35.6 Å². The lowest BCUT2D eigenvalue weighted by molar-refractivity contribution is 0.0849. The van der Waals surface area contributed by atoms with Crippen LogP contribution >= 0.6 is 11.9 Å². The second-order valence-electron chi connectivity index (χ2n) is 9.72. The van der Waals surface area contributed by atoms with Crippen molar-refractivity contribution in [2.24, 2.45) is 5.41 Å². The van der Waals surface area contributed by atoms with Gasteiger partial charge in [-0.25, -0.2) is 14.4 Å². The Morgan fingerprint density at radius 1 is 1.09 bits per heavy atom. The van der Waals surface area contributed by atoms with Gasteiger partial charge in [0.2, 0.25) is 17.0 Å². The highest BCUT2D eigenvalue weighted by Gasteiger charge is 2.48. The number of fused-ring (bicyclic) bond motifs is 3. The van der Waals surface area contributed by atoms with Crippen molar-refractivity contribution in [2.75, 3.05) is 44.6 Å². The zero-order valence-corrected chi connectivity index (χ0v) is 19.3. The first-order valence-corrected chi connectivity index (χ1v) is 12.6. The number of nitrogens with zero attached hydrogens (tertiary/aromatic N) is 5. The summed E-state index contributed by atoms with van der Waals surface area (Å²) in [5, 5.41) is 12.0. The Balaban J connectivity index is 1.27. The summed E-state index contributed by atoms with van der Waals surface area (Å²) < 4.78 is 8.49. The molecule has 0 saturated carbocycles. The first kappa shape index (κ1) is 19.8. The summed E-state index contributed by atoms with van der Waals surface area (Å²) in [7, 11) is 0. The summed E-state index contributed by atoms with van der Waals surface area (Å²) in [6.45, 7) is 6.07. The van der Waals surface area contributed by atoms with E-state index in [2.05, 4.69) is 54.0 Å². The maximum atomic E-state index is 6.10. The number of nitrogens with one attached hydrogen (secondary N) is 2. The molecule has 4 aliphatic heterocycles. The van der Waals surface area contributed by atoms with Crippen LogP contribution in [-0.2, 0) is 12.8 Å². The van der Waals surface area contributed by atoms with Gasteiger partial charge >= 0.3 is 0 Å². The number of hydrogen-bond donors (Lipinski definition) is 2. The number of aryl methyl sites for hydroxylation is 1. The van der Waals surface area contributed by atoms with Gasteiger partial charge in [-0.2, -0.15) is 4.98 Å². The molecular formula is C24H27N7OS. The molecule has 1 unspecified atom stereocenters. The van der Waals surface area contributed by atoms with E-state index in [0.29, 0.717) is 23.9 Å². The monoisotopic (exact) mass is 461 g/mol. The predicted molar refractivity (Wildman–Crippen MR) is 128 cm³/mol. The average Bonchev–Trinajstić information content (AvgIpc) is 3.54. The molecule has 8 rings (SSSR count). The van der Waals surface area contributed by atoms with Gasteiger partial charge in [0.05, 0.1) is 5.69 Å². The maximum absolute atomic E-state index is 6.10. The van der Waals surface area contributed by atoms with Gasteiger partial charge in [-0.05, 0) is 55.0 Å². The van der Waals surface area contributed by atoms with Crippen molar-refractivity contribution in [3.63, 3.8) is 0 Å². The SMILES string of the molecule is c1cc2cc(n1)OCCN1CCC3(C1)CN(C3)Sc1n[nH]c(n1)Nc1c-2ccc2c1CCC2. The van der Waals surface area contributed by atoms with Crippen molar-refractivity contribution in [2.45, 2.75) is 30.8 Å². The fourth-order valence-electron chi connectivity index (χ4n) is 5.81. The quantitative estimate of drug-likeness (QED) is 0.492. The number of benzene rings is 1. The number of H-pyrrole nitrogens is 1. The van der Waals surface area contributed by atoms with E-state index < -0.39 is 0 Å². The summed E-state index contributed by atoms with van der Waals surface area (Å²) in [5.41, 5.74) is 6.55. The number of anilines is 2. The normalized spacial score (nSPS) is 27.9. The summed E-state index contributed by atoms with van der Waals surface area (Å²) >= 11 is 1.66. The molecule has 170 valence electrons. The maximum Gasteiger partial charge on any atom is 0.225 e. The zero-order valence-electron chi connectivity index (χ0n) is 18.5. The lowest BCUT2D eigenvalue weighted by atomic mass is 9.81. The van der Waals surface area contributed by atoms with Crippen LogP contribution in [0.2, 0.25) is 0 Å². The number of rotatable bonds is 0. The van der Waals surface area contributed by atoms with Crippen LogP contribution in [0, 0.1) is 5.41 Å². The molecule has 8 nitrogen and oxygen atoms in total. The molecule has 2 N–H and O–H groups in total. The van der Waals surface area contributed by atoms with Crippen molar-refractivity contribution in [3.05, 3.63) is 41.6 Å². The van der Waals surface area contributed by atoms with Crippen molar-refractivity contribution >= 4 is 23.6 Å². The van der Waals surface area contributed by atoms with Crippen molar-refractivity contribution in [1.82, 2.24) is 29.4 Å². The van der Waals surface area contributed by atoms with Gasteiger partial charge in [-0.1, -0.05) is 12.1 Å². The highest BCUT2D eigenvalue weighted by molar-refractivity contribution is 7.96. The van der Waals surface area contributed by atoms with Crippen molar-refractivity contribution in [3.8, 4) is 17.0 Å². The topological polar surface area (TPSA) is 82.2 Å². The van der Waals surface area contributed by atoms with E-state index in [1.165, 1.54) is 24.0 Å². The van der Waals surface area contributed by atoms with Crippen LogP contribution in [-0.4, -0.2) is 68.7 Å². The van der Waals surface area contributed by atoms with Crippen LogP contribution in [0.1, 0.15) is 24.0 Å². The predicted octanol–water partition coefficient (Wildman–Crippen LogP) is 3.51. The number of aromatic nitrogens is 4. The largest absolute Gasteiger partial charge is 0.476 e. The van der Waals surface area contributed by atoms with Crippen LogP contribution < -0.4 is 10.1 Å². The molecular weight excluding hydrogens is 434 g/mol. The van der Waals surface area contributed by atoms with Gasteiger partial charge < -0.3 is 10.1 Å². The minimum absolute atomic E-state index is 0.410. The average molecular weight is 462 g/mol. The minimum Gasteiger partial charge on any atom is -0.476 e. The third-order valence-electron chi connectivity index (χ3n) is 7.45. The number of ether oxygens (including phenoxy) is 1. The van der Waals surface area contributed by atoms with Gasteiger partial charge in [0.15, 0.2) is 0 Å². The van der Waals surface area contributed by atoms with E-state index in [-0.39, 0.29) is 0 Å². The van der Waals surface area contributed by atoms with Crippen LogP contribution in [0.4, 0.5) is 11.6 Å². The second-order valence-corrected chi connectivity index (χ2v) is 10.8. The van der Waals surface area contributed by atoms with Gasteiger partial charge in [0, 0.05) is 61.4 Å². The molecule has 2 aromatic heterocycles. The Morgan fingerprint density at radius 3 is 3.03 bits per heavy atom. The summed E-state index contributed by atoms with van der Waals surface area (Å²) in [6.07, 6.45) is 6.47. The lowest BCUT2D eigenvalue weighted by Gasteiger charge is -2.46. The van der Waals surface area contributed by atoms with Crippen molar-refractivity contribution < 1.29 is 4.74 Å². The van der Waals surface area contributed by atoms with Crippen LogP contribution in [0.5, 0.6) is 5.88 Å². The van der Waals surface area contributed by atoms with E-state index in [1.807, 2.05) is 6.20 Å². The fraction of sp³-hybridized carbons (Fsp3) is 0.458. The molecule has 9 heteroatoms. The van der Waals surface area contributed by atoms with Crippen molar-refractivity contribution in [1.29, 1.82) is 0 Å². The first-order valence-electron chi connectivity index (χ1n) is 11.8. The van der Waals surface area contributed by atoms with E-state index in [4.69, 9.17) is 9.72 Å². The van der Waals surface area contributed by atoms with Gasteiger partial charge in [-0.3, -0.25) is 4.90 Å². The van der Waals surface area contributed by atoms with Gasteiger partial charge in [0.1, 0.15) is 6.61 Å². The molecule has 3 aromatic rings. The molecule has 5 aliphatic rings. The summed E-state index contributed by atoms with van der Waals surface area (Å²) in [5.74, 6) is 1.37. The first-order chi connectivity index (χ1) is 16.2. The molecule has 2 saturated heterocycles. The van der Waals surface area contributed by atoms with Crippen LogP contribution in [0.25, 0.3) is 11.1 Å². The van der Waals surface area contributed by atoms with Gasteiger partial charge in [-0.15, -0.1) is 5.10 Å². The Hall–Kier alpha value is -2.62. The lowest BCUT2D eigenvalue weighted by Crippen LogP contribution is -2.54. The third-order valence-corrected chi connectivity index (χ3v) is 8.31. The Bertz CT molecular complexity index is 1210. The third kappa shape index (κ3) is 3.59. The molecule has 7 bridgehead atoms. The molecule has 0 radical (unpaired) electrons. The number of pyridine rings is 1. The zero-order chi connectivity index (χ0) is 21.8. The molecule has 0 amide bonds. The van der Waals surface area contributed by atoms with Crippen LogP contribution in [0.3, 0.4) is 0 Å². The molecule has 6 heterocycles. The van der Waals surface area contributed by atoms with E-state index >= 15 is 0 Å². The van der Waals surface area contributed by atoms with E-state index in [9.17, 15) is 0 Å².